The highest BCUT2D eigenvalue weighted by molar-refractivity contribution is 7.89. The number of carbonyl (C=O) groups excluding carboxylic acids is 1. The Bertz CT molecular complexity index is 888. The molecule has 3 rings (SSSR count). The van der Waals surface area contributed by atoms with Crippen LogP contribution in [-0.4, -0.2) is 42.3 Å². The standard InChI is InChI=1S/C16H17FN4O3S/c17-13-2-1-3-14(8-13)25(23,24)20-6-4-16(22)21-7-5-15-12(10-21)9-18-11-19-15/h1-3,8-9,11,20H,4-7,10H2. The number of amides is 1. The summed E-state index contributed by atoms with van der Waals surface area (Å²) in [6.45, 7) is 0.914. The minimum absolute atomic E-state index is 0.0254. The fraction of sp³-hybridized carbons (Fsp3) is 0.312. The molecule has 7 nitrogen and oxygen atoms in total. The highest BCUT2D eigenvalue weighted by Gasteiger charge is 2.22. The molecular formula is C16H17FN4O3S. The Morgan fingerprint density at radius 2 is 2.20 bits per heavy atom. The van der Waals surface area contributed by atoms with Gasteiger partial charge in [-0.05, 0) is 18.2 Å². The molecule has 2 aromatic rings. The largest absolute Gasteiger partial charge is 0.338 e. The van der Waals surface area contributed by atoms with Gasteiger partial charge in [-0.3, -0.25) is 4.79 Å². The van der Waals surface area contributed by atoms with Crippen LogP contribution in [0.15, 0.2) is 41.7 Å². The molecule has 1 aromatic heterocycles. The van der Waals surface area contributed by atoms with Crippen LogP contribution in [0.5, 0.6) is 0 Å². The summed E-state index contributed by atoms with van der Waals surface area (Å²) in [6.07, 6.45) is 3.85. The van der Waals surface area contributed by atoms with Crippen molar-refractivity contribution in [2.45, 2.75) is 24.3 Å². The summed E-state index contributed by atoms with van der Waals surface area (Å²) in [4.78, 5) is 21.9. The van der Waals surface area contributed by atoms with Crippen molar-refractivity contribution in [1.29, 1.82) is 0 Å². The first-order chi connectivity index (χ1) is 12.0. The van der Waals surface area contributed by atoms with Gasteiger partial charge in [0.05, 0.1) is 10.6 Å². The number of sulfonamides is 1. The second-order valence-electron chi connectivity index (χ2n) is 5.67. The number of aromatic nitrogens is 2. The van der Waals surface area contributed by atoms with Crippen LogP contribution < -0.4 is 4.72 Å². The number of nitrogens with zero attached hydrogens (tertiary/aromatic N) is 3. The Kier molecular flexibility index (Phi) is 5.05. The molecule has 1 N–H and O–H groups in total. The average Bonchev–Trinajstić information content (AvgIpc) is 2.61. The fourth-order valence-corrected chi connectivity index (χ4v) is 3.71. The van der Waals surface area contributed by atoms with Crippen LogP contribution in [0.2, 0.25) is 0 Å². The molecule has 1 aliphatic rings. The zero-order valence-corrected chi connectivity index (χ0v) is 14.2. The molecule has 132 valence electrons. The predicted octanol–water partition coefficient (Wildman–Crippen LogP) is 0.869. The lowest BCUT2D eigenvalue weighted by molar-refractivity contribution is -0.131. The van der Waals surface area contributed by atoms with Gasteiger partial charge >= 0.3 is 0 Å². The van der Waals surface area contributed by atoms with Crippen molar-refractivity contribution < 1.29 is 17.6 Å². The highest BCUT2D eigenvalue weighted by atomic mass is 32.2. The third-order valence-electron chi connectivity index (χ3n) is 3.95. The number of fused-ring (bicyclic) bond motifs is 1. The van der Waals surface area contributed by atoms with Crippen LogP contribution in [0.3, 0.4) is 0 Å². The molecule has 1 aromatic carbocycles. The van der Waals surface area contributed by atoms with E-state index < -0.39 is 15.8 Å². The third kappa shape index (κ3) is 4.18. The van der Waals surface area contributed by atoms with Gasteiger partial charge < -0.3 is 4.90 Å². The lowest BCUT2D eigenvalue weighted by atomic mass is 10.1. The molecule has 0 fully saturated rings. The first kappa shape index (κ1) is 17.4. The molecule has 0 saturated heterocycles. The van der Waals surface area contributed by atoms with Gasteiger partial charge in [-0.15, -0.1) is 0 Å². The highest BCUT2D eigenvalue weighted by Crippen LogP contribution is 2.16. The monoisotopic (exact) mass is 364 g/mol. The quantitative estimate of drug-likeness (QED) is 0.850. The first-order valence-electron chi connectivity index (χ1n) is 7.76. The Balaban J connectivity index is 1.55. The van der Waals surface area contributed by atoms with Gasteiger partial charge in [0.15, 0.2) is 0 Å². The van der Waals surface area contributed by atoms with Crippen LogP contribution in [0.4, 0.5) is 4.39 Å². The molecule has 0 unspecified atom stereocenters. The molecule has 0 radical (unpaired) electrons. The average molecular weight is 364 g/mol. The van der Waals surface area contributed by atoms with Crippen molar-refractivity contribution in [3.8, 4) is 0 Å². The smallest absolute Gasteiger partial charge is 0.240 e. The summed E-state index contributed by atoms with van der Waals surface area (Å²) in [5.74, 6) is -0.787. The fourth-order valence-electron chi connectivity index (χ4n) is 2.65. The normalized spacial score (nSPS) is 14.2. The van der Waals surface area contributed by atoms with Gasteiger partial charge in [0.1, 0.15) is 12.1 Å². The van der Waals surface area contributed by atoms with E-state index in [2.05, 4.69) is 14.7 Å². The SMILES string of the molecule is O=C(CCNS(=O)(=O)c1cccc(F)c1)N1CCc2ncncc2C1. The molecule has 2 heterocycles. The van der Waals surface area contributed by atoms with E-state index in [4.69, 9.17) is 0 Å². The molecule has 25 heavy (non-hydrogen) atoms. The van der Waals surface area contributed by atoms with Crippen LogP contribution in [0.1, 0.15) is 17.7 Å². The van der Waals surface area contributed by atoms with E-state index in [9.17, 15) is 17.6 Å². The number of benzene rings is 1. The van der Waals surface area contributed by atoms with Crippen molar-refractivity contribution in [2.24, 2.45) is 0 Å². The second-order valence-corrected chi connectivity index (χ2v) is 7.43. The maximum absolute atomic E-state index is 13.1. The Morgan fingerprint density at radius 1 is 1.36 bits per heavy atom. The van der Waals surface area contributed by atoms with Gasteiger partial charge in [-0.1, -0.05) is 6.07 Å². The lowest BCUT2D eigenvalue weighted by Crippen LogP contribution is -2.38. The molecule has 9 heteroatoms. The van der Waals surface area contributed by atoms with Crippen molar-refractivity contribution in [1.82, 2.24) is 19.6 Å². The molecule has 1 aliphatic heterocycles. The van der Waals surface area contributed by atoms with Crippen molar-refractivity contribution in [2.75, 3.05) is 13.1 Å². The zero-order valence-electron chi connectivity index (χ0n) is 13.4. The van der Waals surface area contributed by atoms with Gasteiger partial charge in [0, 0.05) is 44.2 Å². The topological polar surface area (TPSA) is 92.3 Å². The van der Waals surface area contributed by atoms with Gasteiger partial charge in [0.25, 0.3) is 0 Å². The zero-order chi connectivity index (χ0) is 17.9. The molecule has 0 bridgehead atoms. The number of rotatable bonds is 5. The van der Waals surface area contributed by atoms with Gasteiger partial charge in [-0.2, -0.15) is 0 Å². The molecule has 1 amide bonds. The summed E-state index contributed by atoms with van der Waals surface area (Å²) in [6, 6.07) is 4.73. The minimum Gasteiger partial charge on any atom is -0.338 e. The Hall–Kier alpha value is -2.39. The number of nitrogens with one attached hydrogen (secondary N) is 1. The summed E-state index contributed by atoms with van der Waals surface area (Å²) in [5, 5.41) is 0. The summed E-state index contributed by atoms with van der Waals surface area (Å²) >= 11 is 0. The van der Waals surface area contributed by atoms with Crippen LogP contribution in [0, 0.1) is 5.82 Å². The second kappa shape index (κ2) is 7.24. The van der Waals surface area contributed by atoms with Crippen LogP contribution >= 0.6 is 0 Å². The third-order valence-corrected chi connectivity index (χ3v) is 5.41. The first-order valence-corrected chi connectivity index (χ1v) is 9.25. The van der Waals surface area contributed by atoms with E-state index >= 15 is 0 Å². The van der Waals surface area contributed by atoms with Crippen molar-refractivity contribution in [3.63, 3.8) is 0 Å². The molecule has 0 spiro atoms. The van der Waals surface area contributed by atoms with Crippen molar-refractivity contribution in [3.05, 3.63) is 53.9 Å². The van der Waals surface area contributed by atoms with Gasteiger partial charge in [0.2, 0.25) is 15.9 Å². The minimum atomic E-state index is -3.84. The Labute approximate surface area is 145 Å². The lowest BCUT2D eigenvalue weighted by Gasteiger charge is -2.27. The maximum Gasteiger partial charge on any atom is 0.240 e. The summed E-state index contributed by atoms with van der Waals surface area (Å²) < 4.78 is 39.6. The maximum atomic E-state index is 13.1. The summed E-state index contributed by atoms with van der Waals surface area (Å²) in [7, 11) is -3.84. The number of hydrogen-bond donors (Lipinski definition) is 1. The molecule has 0 aliphatic carbocycles. The molecule has 0 atom stereocenters. The van der Waals surface area contributed by atoms with E-state index in [0.717, 1.165) is 17.3 Å². The van der Waals surface area contributed by atoms with E-state index in [1.807, 2.05) is 0 Å². The van der Waals surface area contributed by atoms with E-state index in [0.29, 0.717) is 19.5 Å². The predicted molar refractivity (Wildman–Crippen MR) is 87.4 cm³/mol. The van der Waals surface area contributed by atoms with Crippen LogP contribution in [0.25, 0.3) is 0 Å². The van der Waals surface area contributed by atoms with Gasteiger partial charge in [-0.25, -0.2) is 27.5 Å². The molecular weight excluding hydrogens is 347 g/mol. The van der Waals surface area contributed by atoms with E-state index in [-0.39, 0.29) is 23.8 Å². The van der Waals surface area contributed by atoms with E-state index in [1.54, 1.807) is 11.1 Å². The number of hydrogen-bond acceptors (Lipinski definition) is 5. The van der Waals surface area contributed by atoms with Crippen molar-refractivity contribution >= 4 is 15.9 Å². The molecule has 0 saturated carbocycles. The number of halogens is 1. The van der Waals surface area contributed by atoms with E-state index in [1.165, 1.54) is 24.5 Å². The number of carbonyl (C=O) groups is 1. The summed E-state index contributed by atoms with van der Waals surface area (Å²) in [5.41, 5.74) is 1.84. The Morgan fingerprint density at radius 3 is 3.00 bits per heavy atom. The van der Waals surface area contributed by atoms with Crippen LogP contribution in [-0.2, 0) is 27.8 Å².